The number of amides is 1. The minimum Gasteiger partial charge on any atom is -0.455 e. The Balaban J connectivity index is 1.56. The van der Waals surface area contributed by atoms with E-state index in [4.69, 9.17) is 28.2 Å². The molecule has 16 nitrogen and oxygen atoms in total. The van der Waals surface area contributed by atoms with E-state index >= 15 is 4.39 Å². The third-order valence-corrected chi connectivity index (χ3v) is 11.8. The SMILES string of the molecule is CC[C@H]1OC(=O)[C@@](C)(F)C(=O)[C@H](C)[C@@H](O[C@@H]2O[C@H](C)C[C@H](N(C)C)[C@H]2O)C[C@@](C)(OCC#Cc2cc(-c3ncccn3)no2)[C@@H](C)C(=O)[C@H](C)[C@H]2NC(=O)O[C@@]21C. The van der Waals surface area contributed by atoms with Crippen LogP contribution in [0.4, 0.5) is 9.18 Å². The number of nitrogens with one attached hydrogen (secondary N) is 1. The van der Waals surface area contributed by atoms with E-state index in [9.17, 15) is 24.3 Å². The summed E-state index contributed by atoms with van der Waals surface area (Å²) >= 11 is 0. The first-order chi connectivity index (χ1) is 26.7. The first-order valence-corrected chi connectivity index (χ1v) is 19.2. The standard InChI is InChI=1S/C40H54FN5O11/c1-11-29-40(8)32(44-37(51)56-40)23(4)30(47)24(5)38(6,52-17-12-14-25-19-26(45-57-25)34-42-15-13-16-43-34)20-28(22(3)33(49)39(7,41)36(50)55-29)54-35-31(48)27(46(9)10)18-21(2)53-35/h13,15-16,19,21-24,27-29,31-32,35,48H,11,17-18,20H2,1-10H3,(H,44,51)/t21-,22-,23+,24+,27+,28+,29-,31-,32-,35+,38-,39+,40-/m1/s1. The lowest BCUT2D eigenvalue weighted by molar-refractivity contribution is -0.278. The van der Waals surface area contributed by atoms with Crippen LogP contribution in [0.1, 0.15) is 80.4 Å². The maximum atomic E-state index is 16.7. The smallest absolute Gasteiger partial charge is 0.408 e. The Morgan fingerprint density at radius 1 is 1.07 bits per heavy atom. The molecular formula is C40H54FN5O11. The van der Waals surface area contributed by atoms with Crippen LogP contribution in [0.3, 0.4) is 0 Å². The van der Waals surface area contributed by atoms with Crippen molar-refractivity contribution >= 4 is 23.6 Å². The highest BCUT2D eigenvalue weighted by atomic mass is 19.1. The summed E-state index contributed by atoms with van der Waals surface area (Å²) in [6, 6.07) is 1.81. The van der Waals surface area contributed by atoms with Gasteiger partial charge in [-0.25, -0.2) is 23.9 Å². The number of rotatable bonds is 7. The zero-order valence-electron chi connectivity index (χ0n) is 34.1. The normalized spacial score (nSPS) is 38.0. The van der Waals surface area contributed by atoms with Crippen LogP contribution in [-0.2, 0) is 38.1 Å². The van der Waals surface area contributed by atoms with Gasteiger partial charge in [-0.05, 0) is 66.6 Å². The van der Waals surface area contributed by atoms with E-state index in [1.807, 2.05) is 11.8 Å². The van der Waals surface area contributed by atoms with Crippen molar-refractivity contribution < 1.29 is 56.9 Å². The topological polar surface area (TPSA) is 202 Å². The van der Waals surface area contributed by atoms with Crippen molar-refractivity contribution in [2.24, 2.45) is 17.8 Å². The highest BCUT2D eigenvalue weighted by molar-refractivity contribution is 6.07. The average Bonchev–Trinajstić information content (AvgIpc) is 3.78. The lowest BCUT2D eigenvalue weighted by atomic mass is 9.72. The van der Waals surface area contributed by atoms with Crippen LogP contribution in [0, 0.1) is 29.6 Å². The van der Waals surface area contributed by atoms with Crippen molar-refractivity contribution in [2.45, 2.75) is 134 Å². The van der Waals surface area contributed by atoms with Gasteiger partial charge in [0.05, 0.1) is 23.9 Å². The Morgan fingerprint density at radius 3 is 2.40 bits per heavy atom. The molecule has 3 aliphatic rings. The van der Waals surface area contributed by atoms with E-state index in [0.717, 1.165) is 6.92 Å². The second-order valence-electron chi connectivity index (χ2n) is 16.1. The van der Waals surface area contributed by atoms with E-state index in [2.05, 4.69) is 32.3 Å². The number of halogens is 1. The molecule has 0 aliphatic carbocycles. The Hall–Kier alpha value is -4.34. The zero-order valence-corrected chi connectivity index (χ0v) is 34.1. The van der Waals surface area contributed by atoms with Gasteiger partial charge in [-0.3, -0.25) is 9.59 Å². The van der Waals surface area contributed by atoms with Gasteiger partial charge in [0.15, 0.2) is 29.2 Å². The molecule has 2 N–H and O–H groups in total. The maximum absolute atomic E-state index is 16.7. The molecule has 312 valence electrons. The summed E-state index contributed by atoms with van der Waals surface area (Å²) in [6.07, 6.45) is -2.79. The molecule has 1 amide bonds. The molecule has 2 aromatic rings. The van der Waals surface area contributed by atoms with Crippen LogP contribution in [0.5, 0.6) is 0 Å². The number of fused-ring (bicyclic) bond motifs is 1. The number of carbonyl (C=O) groups is 4. The van der Waals surface area contributed by atoms with Crippen LogP contribution in [-0.4, -0.2) is 129 Å². The number of ether oxygens (including phenoxy) is 5. The Labute approximate surface area is 331 Å². The molecule has 5 heterocycles. The fourth-order valence-electron chi connectivity index (χ4n) is 7.98. The minimum absolute atomic E-state index is 0.0579. The molecule has 13 atom stereocenters. The van der Waals surface area contributed by atoms with Crippen molar-refractivity contribution in [2.75, 3.05) is 20.7 Å². The number of likely N-dealkylation sites (N-methyl/N-ethyl adjacent to an activating group) is 1. The molecule has 17 heteroatoms. The predicted octanol–water partition coefficient (Wildman–Crippen LogP) is 3.44. The van der Waals surface area contributed by atoms with Gasteiger partial charge in [-0.1, -0.05) is 38.8 Å². The first kappa shape index (κ1) is 43.8. The van der Waals surface area contributed by atoms with Gasteiger partial charge in [0.1, 0.15) is 24.6 Å². The third-order valence-electron chi connectivity index (χ3n) is 11.8. The van der Waals surface area contributed by atoms with E-state index in [0.29, 0.717) is 17.9 Å². The average molecular weight is 800 g/mol. The third kappa shape index (κ3) is 9.05. The highest BCUT2D eigenvalue weighted by Gasteiger charge is 2.59. The lowest BCUT2D eigenvalue weighted by Crippen LogP contribution is -2.60. The summed E-state index contributed by atoms with van der Waals surface area (Å²) in [7, 11) is 3.61. The zero-order chi connectivity index (χ0) is 42.0. The second-order valence-corrected chi connectivity index (χ2v) is 16.1. The largest absolute Gasteiger partial charge is 0.455 e. The lowest BCUT2D eigenvalue weighted by Gasteiger charge is -2.45. The van der Waals surface area contributed by atoms with Crippen molar-refractivity contribution in [3.8, 4) is 23.4 Å². The number of hydrogen-bond donors (Lipinski definition) is 2. The number of alkyl halides is 1. The fraction of sp³-hybridized carbons (Fsp3) is 0.675. The van der Waals surface area contributed by atoms with E-state index < -0.39 is 89.2 Å². The Morgan fingerprint density at radius 2 is 1.75 bits per heavy atom. The molecule has 0 aromatic carbocycles. The summed E-state index contributed by atoms with van der Waals surface area (Å²) in [5.41, 5.74) is -5.94. The number of nitrogens with zero attached hydrogens (tertiary/aromatic N) is 4. The van der Waals surface area contributed by atoms with Gasteiger partial charge in [-0.15, -0.1) is 0 Å². The summed E-state index contributed by atoms with van der Waals surface area (Å²) in [6.45, 7) is 11.8. The van der Waals surface area contributed by atoms with Gasteiger partial charge >= 0.3 is 12.1 Å². The fourth-order valence-corrected chi connectivity index (χ4v) is 7.98. The van der Waals surface area contributed by atoms with Crippen molar-refractivity contribution in [3.05, 3.63) is 30.3 Å². The maximum Gasteiger partial charge on any atom is 0.408 e. The van der Waals surface area contributed by atoms with E-state index in [1.54, 1.807) is 66.3 Å². The Bertz CT molecular complexity index is 1850. The quantitative estimate of drug-likeness (QED) is 0.234. The minimum atomic E-state index is -3.19. The number of cyclic esters (lactones) is 1. The summed E-state index contributed by atoms with van der Waals surface area (Å²) in [5, 5.41) is 18.1. The molecule has 0 unspecified atom stereocenters. The van der Waals surface area contributed by atoms with Gasteiger partial charge in [0, 0.05) is 48.7 Å². The van der Waals surface area contributed by atoms with Gasteiger partial charge in [0.2, 0.25) is 5.76 Å². The number of carbonyl (C=O) groups excluding carboxylic acids is 4. The predicted molar refractivity (Wildman–Crippen MR) is 200 cm³/mol. The molecular weight excluding hydrogens is 745 g/mol. The van der Waals surface area contributed by atoms with Crippen molar-refractivity contribution in [3.63, 3.8) is 0 Å². The van der Waals surface area contributed by atoms with Crippen LogP contribution >= 0.6 is 0 Å². The molecule has 5 rings (SSSR count). The molecule has 3 aliphatic heterocycles. The monoisotopic (exact) mass is 799 g/mol. The summed E-state index contributed by atoms with van der Waals surface area (Å²) < 4.78 is 52.3. The summed E-state index contributed by atoms with van der Waals surface area (Å²) in [4.78, 5) is 65.4. The van der Waals surface area contributed by atoms with Gasteiger partial charge in [0.25, 0.3) is 5.67 Å². The number of aromatic nitrogens is 3. The molecule has 0 spiro atoms. The molecule has 57 heavy (non-hydrogen) atoms. The van der Waals surface area contributed by atoms with Gasteiger partial charge < -0.3 is 43.5 Å². The van der Waals surface area contributed by atoms with Crippen LogP contribution < -0.4 is 5.32 Å². The second kappa shape index (κ2) is 17.3. The first-order valence-electron chi connectivity index (χ1n) is 19.2. The van der Waals surface area contributed by atoms with Crippen LogP contribution in [0.15, 0.2) is 29.0 Å². The molecule has 3 fully saturated rings. The molecule has 2 aromatic heterocycles. The number of aliphatic hydroxyl groups is 1. The summed E-state index contributed by atoms with van der Waals surface area (Å²) in [5.74, 6) is -0.0716. The molecule has 0 radical (unpaired) electrons. The molecule has 0 bridgehead atoms. The molecule has 3 saturated heterocycles. The van der Waals surface area contributed by atoms with Crippen LogP contribution in [0.25, 0.3) is 11.5 Å². The van der Waals surface area contributed by atoms with E-state index in [1.165, 1.54) is 13.8 Å². The van der Waals surface area contributed by atoms with E-state index in [-0.39, 0.29) is 37.1 Å². The highest BCUT2D eigenvalue weighted by Crippen LogP contribution is 2.41. The number of alkyl carbamates (subject to hydrolysis) is 1. The number of Topliss-reactive ketones (excluding diaryl/α,β-unsaturated/α-hetero) is 2. The number of aliphatic hydroxyl groups excluding tert-OH is 1. The number of esters is 1. The van der Waals surface area contributed by atoms with Gasteiger partial charge in [-0.2, -0.15) is 0 Å². The number of ketones is 2. The molecule has 0 saturated carbocycles. The Kier molecular flexibility index (Phi) is 13.3. The van der Waals surface area contributed by atoms with Crippen molar-refractivity contribution in [1.82, 2.24) is 25.3 Å². The number of hydrogen-bond acceptors (Lipinski definition) is 15. The van der Waals surface area contributed by atoms with Crippen LogP contribution in [0.2, 0.25) is 0 Å². The van der Waals surface area contributed by atoms with Crippen molar-refractivity contribution in [1.29, 1.82) is 0 Å².